The first-order valence-corrected chi connectivity index (χ1v) is 9.76. The van der Waals surface area contributed by atoms with E-state index in [0.717, 1.165) is 22.8 Å². The smallest absolute Gasteiger partial charge is 0.423 e. The molecule has 2 N–H and O–H groups in total. The molecular weight excluding hydrogens is 371 g/mol. The van der Waals surface area contributed by atoms with Gasteiger partial charge in [0.25, 0.3) is 0 Å². The number of rotatable bonds is 2. The number of aromatic nitrogens is 2. The van der Waals surface area contributed by atoms with Crippen molar-refractivity contribution < 1.29 is 10.0 Å². The number of benzene rings is 2. The summed E-state index contributed by atoms with van der Waals surface area (Å²) in [7, 11) is -1.34. The highest BCUT2D eigenvalue weighted by atomic mass is 16.4. The Kier molecular flexibility index (Phi) is 9.45. The molecule has 0 aliphatic rings. The van der Waals surface area contributed by atoms with Crippen molar-refractivity contribution in [3.8, 4) is 11.3 Å². The van der Waals surface area contributed by atoms with E-state index in [1.165, 1.54) is 5.56 Å². The number of hydrogen-bond acceptors (Lipinski definition) is 4. The zero-order chi connectivity index (χ0) is 21.8. The number of pyridine rings is 2. The standard InChI is InChI=1S/C12H11N.C7H9N.C6H7BO2/c1-10-6-5-9-12(13-10)11-7-3-2-4-8-11;1-6-4-3-5-7(2)8-6;8-7(9)6-4-2-1-3-5-6/h2-9H,1H3;3-5H,1-2H3;1-5,8-9H. The second kappa shape index (κ2) is 12.3. The third-order valence-electron chi connectivity index (χ3n) is 4.08. The van der Waals surface area contributed by atoms with E-state index in [2.05, 4.69) is 22.1 Å². The molecule has 0 atom stereocenters. The SMILES string of the molecule is Cc1cccc(-c2ccccc2)n1.Cc1cccc(C)n1.OB(O)c1ccccc1. The Hall–Kier alpha value is -3.28. The van der Waals surface area contributed by atoms with E-state index in [4.69, 9.17) is 10.0 Å². The maximum absolute atomic E-state index is 8.58. The summed E-state index contributed by atoms with van der Waals surface area (Å²) in [6.07, 6.45) is 0. The summed E-state index contributed by atoms with van der Waals surface area (Å²) < 4.78 is 0. The first-order chi connectivity index (χ1) is 14.5. The monoisotopic (exact) mass is 398 g/mol. The highest BCUT2D eigenvalue weighted by molar-refractivity contribution is 6.58. The van der Waals surface area contributed by atoms with Crippen molar-refractivity contribution in [2.45, 2.75) is 20.8 Å². The van der Waals surface area contributed by atoms with Crippen LogP contribution in [-0.2, 0) is 0 Å². The van der Waals surface area contributed by atoms with Crippen LogP contribution in [0.2, 0.25) is 0 Å². The molecule has 4 nitrogen and oxygen atoms in total. The molecule has 5 heteroatoms. The summed E-state index contributed by atoms with van der Waals surface area (Å²) in [4.78, 5) is 8.62. The topological polar surface area (TPSA) is 66.2 Å². The molecule has 0 bridgehead atoms. The first-order valence-electron chi connectivity index (χ1n) is 9.76. The van der Waals surface area contributed by atoms with Gasteiger partial charge in [0, 0.05) is 22.6 Å². The minimum absolute atomic E-state index is 0.525. The maximum atomic E-state index is 8.58. The van der Waals surface area contributed by atoms with Gasteiger partial charge >= 0.3 is 7.12 Å². The summed E-state index contributed by atoms with van der Waals surface area (Å²) in [6, 6.07) is 30.9. The molecule has 0 amide bonds. The molecule has 2 aromatic heterocycles. The molecule has 0 aliphatic heterocycles. The van der Waals surface area contributed by atoms with Gasteiger partial charge in [0.2, 0.25) is 0 Å². The lowest BCUT2D eigenvalue weighted by molar-refractivity contribution is 0.426. The number of aryl methyl sites for hydroxylation is 3. The highest BCUT2D eigenvalue weighted by Gasteiger charge is 2.07. The van der Waals surface area contributed by atoms with E-state index >= 15 is 0 Å². The summed E-state index contributed by atoms with van der Waals surface area (Å²) in [5.41, 5.74) is 5.97. The lowest BCUT2D eigenvalue weighted by Gasteiger charge is -2.00. The van der Waals surface area contributed by atoms with Crippen LogP contribution in [0.15, 0.2) is 97.1 Å². The molecule has 0 unspecified atom stereocenters. The van der Waals surface area contributed by atoms with Crippen molar-refractivity contribution in [2.75, 3.05) is 0 Å². The lowest BCUT2D eigenvalue weighted by Crippen LogP contribution is -2.29. The quantitative estimate of drug-likeness (QED) is 0.499. The van der Waals surface area contributed by atoms with Crippen LogP contribution in [0.5, 0.6) is 0 Å². The Morgan fingerprint density at radius 1 is 0.533 bits per heavy atom. The summed E-state index contributed by atoms with van der Waals surface area (Å²) >= 11 is 0. The van der Waals surface area contributed by atoms with Gasteiger partial charge in [-0.3, -0.25) is 9.97 Å². The van der Waals surface area contributed by atoms with Gasteiger partial charge in [-0.05, 0) is 50.5 Å². The van der Waals surface area contributed by atoms with Crippen LogP contribution < -0.4 is 5.46 Å². The van der Waals surface area contributed by atoms with E-state index in [1.54, 1.807) is 24.3 Å². The first kappa shape index (κ1) is 23.0. The minimum Gasteiger partial charge on any atom is -0.423 e. The molecule has 2 aromatic carbocycles. The van der Waals surface area contributed by atoms with Crippen molar-refractivity contribution in [3.63, 3.8) is 0 Å². The predicted molar refractivity (Wildman–Crippen MR) is 124 cm³/mol. The molecule has 0 saturated carbocycles. The Morgan fingerprint density at radius 3 is 1.40 bits per heavy atom. The molecule has 152 valence electrons. The van der Waals surface area contributed by atoms with Gasteiger partial charge < -0.3 is 10.0 Å². The Labute approximate surface area is 179 Å². The van der Waals surface area contributed by atoms with Crippen LogP contribution in [0.4, 0.5) is 0 Å². The summed E-state index contributed by atoms with van der Waals surface area (Å²) in [5.74, 6) is 0. The van der Waals surface area contributed by atoms with Gasteiger partial charge in [0.1, 0.15) is 0 Å². The van der Waals surface area contributed by atoms with E-state index in [-0.39, 0.29) is 0 Å². The Balaban J connectivity index is 0.000000167. The fourth-order valence-electron chi connectivity index (χ4n) is 2.62. The normalized spacial score (nSPS) is 9.50. The van der Waals surface area contributed by atoms with Crippen LogP contribution in [0.25, 0.3) is 11.3 Å². The molecule has 4 rings (SSSR count). The third kappa shape index (κ3) is 8.39. The van der Waals surface area contributed by atoms with Gasteiger partial charge in [0.05, 0.1) is 5.69 Å². The van der Waals surface area contributed by atoms with Crippen molar-refractivity contribution >= 4 is 12.6 Å². The molecule has 2 heterocycles. The Morgan fingerprint density at radius 2 is 1.00 bits per heavy atom. The highest BCUT2D eigenvalue weighted by Crippen LogP contribution is 2.15. The van der Waals surface area contributed by atoms with Gasteiger partial charge in [-0.25, -0.2) is 0 Å². The van der Waals surface area contributed by atoms with Crippen LogP contribution in [-0.4, -0.2) is 27.1 Å². The number of nitrogens with zero attached hydrogens (tertiary/aromatic N) is 2. The molecule has 0 saturated heterocycles. The van der Waals surface area contributed by atoms with Crippen molar-refractivity contribution in [3.05, 3.63) is 114 Å². The molecule has 30 heavy (non-hydrogen) atoms. The van der Waals surface area contributed by atoms with Crippen LogP contribution in [0.1, 0.15) is 17.1 Å². The zero-order valence-electron chi connectivity index (χ0n) is 17.6. The maximum Gasteiger partial charge on any atom is 0.488 e. The van der Waals surface area contributed by atoms with Gasteiger partial charge in [-0.2, -0.15) is 0 Å². The van der Waals surface area contributed by atoms with Gasteiger partial charge in [0.15, 0.2) is 0 Å². The average molecular weight is 398 g/mol. The summed E-state index contributed by atoms with van der Waals surface area (Å²) in [6.45, 7) is 5.99. The average Bonchev–Trinajstić information content (AvgIpc) is 2.76. The van der Waals surface area contributed by atoms with Crippen LogP contribution in [0.3, 0.4) is 0 Å². The van der Waals surface area contributed by atoms with Gasteiger partial charge in [-0.1, -0.05) is 72.8 Å². The third-order valence-corrected chi connectivity index (χ3v) is 4.08. The van der Waals surface area contributed by atoms with Crippen molar-refractivity contribution in [1.29, 1.82) is 0 Å². The molecule has 0 spiro atoms. The predicted octanol–water partition coefficient (Wildman–Crippen LogP) is 4.12. The molecule has 0 fully saturated rings. The van der Waals surface area contributed by atoms with Gasteiger partial charge in [-0.15, -0.1) is 0 Å². The second-order valence-electron chi connectivity index (χ2n) is 6.73. The van der Waals surface area contributed by atoms with E-state index in [1.807, 2.05) is 81.4 Å². The van der Waals surface area contributed by atoms with E-state index in [9.17, 15) is 0 Å². The van der Waals surface area contributed by atoms with E-state index < -0.39 is 7.12 Å². The summed E-state index contributed by atoms with van der Waals surface area (Å²) in [5, 5.41) is 17.2. The molecule has 4 aromatic rings. The number of hydrogen-bond donors (Lipinski definition) is 2. The zero-order valence-corrected chi connectivity index (χ0v) is 17.6. The largest absolute Gasteiger partial charge is 0.488 e. The van der Waals surface area contributed by atoms with Crippen molar-refractivity contribution in [1.82, 2.24) is 9.97 Å². The van der Waals surface area contributed by atoms with E-state index in [0.29, 0.717) is 5.46 Å². The Bertz CT molecular complexity index is 992. The fraction of sp³-hybridized carbons (Fsp3) is 0.120. The second-order valence-corrected chi connectivity index (χ2v) is 6.73. The lowest BCUT2D eigenvalue weighted by atomic mass is 9.81. The molecule has 0 radical (unpaired) electrons. The molecule has 0 aliphatic carbocycles. The minimum atomic E-state index is -1.34. The van der Waals surface area contributed by atoms with Crippen LogP contribution in [0, 0.1) is 20.8 Å². The van der Waals surface area contributed by atoms with Crippen LogP contribution >= 0.6 is 0 Å². The fourth-order valence-corrected chi connectivity index (χ4v) is 2.62. The molecular formula is C25H27BN2O2. The van der Waals surface area contributed by atoms with Crippen molar-refractivity contribution in [2.24, 2.45) is 0 Å².